The molecule has 2 aromatic carbocycles. The number of guanidine groups is 1. The number of fused-ring (bicyclic) bond motifs is 1. The average molecular weight is 354 g/mol. The summed E-state index contributed by atoms with van der Waals surface area (Å²) in [6, 6.07) is 11.5. The van der Waals surface area contributed by atoms with Gasteiger partial charge in [-0.1, -0.05) is 24.3 Å². The quantitative estimate of drug-likeness (QED) is 0.636. The number of halogens is 1. The highest BCUT2D eigenvalue weighted by molar-refractivity contribution is 5.93. The van der Waals surface area contributed by atoms with Gasteiger partial charge in [0.2, 0.25) is 0 Å². The number of hydrogen-bond acceptors (Lipinski definition) is 2. The minimum atomic E-state index is -0.199. The second kappa shape index (κ2) is 8.32. The number of rotatable bonds is 5. The second-order valence-electron chi connectivity index (χ2n) is 7.14. The van der Waals surface area contributed by atoms with Gasteiger partial charge in [-0.25, -0.2) is 9.38 Å². The first kappa shape index (κ1) is 18.4. The summed E-state index contributed by atoms with van der Waals surface area (Å²) in [6.45, 7) is 0.936. The van der Waals surface area contributed by atoms with Crippen molar-refractivity contribution in [1.29, 1.82) is 0 Å². The van der Waals surface area contributed by atoms with Crippen LogP contribution in [0.4, 0.5) is 10.1 Å². The molecule has 5 heteroatoms. The number of hydrogen-bond donors (Lipinski definition) is 2. The molecular formula is C21H27FN4. The predicted molar refractivity (Wildman–Crippen MR) is 106 cm³/mol. The Balaban J connectivity index is 1.67. The first-order valence-electron chi connectivity index (χ1n) is 9.12. The Hall–Kier alpha value is -2.40. The van der Waals surface area contributed by atoms with Gasteiger partial charge in [0.1, 0.15) is 5.82 Å². The van der Waals surface area contributed by atoms with Crippen LogP contribution in [-0.4, -0.2) is 25.0 Å². The van der Waals surface area contributed by atoms with E-state index in [4.69, 9.17) is 5.73 Å². The first-order chi connectivity index (χ1) is 12.5. The van der Waals surface area contributed by atoms with Gasteiger partial charge in [-0.15, -0.1) is 0 Å². The van der Waals surface area contributed by atoms with E-state index in [9.17, 15) is 4.39 Å². The minimum absolute atomic E-state index is 0.199. The van der Waals surface area contributed by atoms with Crippen molar-refractivity contribution in [2.75, 3.05) is 19.4 Å². The SMILES string of the molecule is CN(C)Cc1ccc(CN=C(N)Nc2cccc3c2CCCC3)cc1F. The highest BCUT2D eigenvalue weighted by Gasteiger charge is 2.13. The zero-order chi connectivity index (χ0) is 18.5. The Morgan fingerprint density at radius 2 is 2.00 bits per heavy atom. The fourth-order valence-corrected chi connectivity index (χ4v) is 3.41. The molecule has 26 heavy (non-hydrogen) atoms. The molecule has 0 unspecified atom stereocenters. The summed E-state index contributed by atoms with van der Waals surface area (Å²) in [4.78, 5) is 6.32. The average Bonchev–Trinajstić information content (AvgIpc) is 2.62. The van der Waals surface area contributed by atoms with E-state index in [2.05, 4.69) is 22.4 Å². The summed E-state index contributed by atoms with van der Waals surface area (Å²) in [5.41, 5.74) is 11.3. The van der Waals surface area contributed by atoms with Gasteiger partial charge in [-0.05, 0) is 68.6 Å². The number of benzene rings is 2. The van der Waals surface area contributed by atoms with E-state index < -0.39 is 0 Å². The van der Waals surface area contributed by atoms with E-state index >= 15 is 0 Å². The van der Waals surface area contributed by atoms with Gasteiger partial charge in [0.15, 0.2) is 5.96 Å². The maximum atomic E-state index is 14.1. The van der Waals surface area contributed by atoms with Crippen LogP contribution in [0.15, 0.2) is 41.4 Å². The molecule has 138 valence electrons. The van der Waals surface area contributed by atoms with Crippen LogP contribution in [0, 0.1) is 5.82 Å². The zero-order valence-corrected chi connectivity index (χ0v) is 15.6. The fourth-order valence-electron chi connectivity index (χ4n) is 3.41. The summed E-state index contributed by atoms with van der Waals surface area (Å²) < 4.78 is 14.1. The van der Waals surface area contributed by atoms with Crippen molar-refractivity contribution in [3.63, 3.8) is 0 Å². The molecule has 0 aromatic heterocycles. The number of anilines is 1. The number of nitrogens with zero attached hydrogens (tertiary/aromatic N) is 2. The molecule has 0 saturated heterocycles. The first-order valence-corrected chi connectivity index (χ1v) is 9.12. The highest BCUT2D eigenvalue weighted by atomic mass is 19.1. The predicted octanol–water partition coefficient (Wildman–Crippen LogP) is 3.69. The van der Waals surface area contributed by atoms with Gasteiger partial charge in [-0.3, -0.25) is 0 Å². The number of aliphatic imine (C=N–C) groups is 1. The van der Waals surface area contributed by atoms with Crippen molar-refractivity contribution in [1.82, 2.24) is 4.90 Å². The lowest BCUT2D eigenvalue weighted by molar-refractivity contribution is 0.392. The summed E-state index contributed by atoms with van der Waals surface area (Å²) >= 11 is 0. The molecule has 0 bridgehead atoms. The monoisotopic (exact) mass is 354 g/mol. The van der Waals surface area contributed by atoms with E-state index in [-0.39, 0.29) is 5.82 Å². The molecule has 2 aromatic rings. The van der Waals surface area contributed by atoms with E-state index in [1.165, 1.54) is 24.0 Å². The van der Waals surface area contributed by atoms with Crippen LogP contribution in [-0.2, 0) is 25.9 Å². The zero-order valence-electron chi connectivity index (χ0n) is 15.6. The van der Waals surface area contributed by atoms with E-state index in [1.54, 1.807) is 6.07 Å². The molecule has 1 aliphatic rings. The molecule has 3 rings (SSSR count). The number of nitrogens with two attached hydrogens (primary N) is 1. The molecule has 0 saturated carbocycles. The third-order valence-electron chi connectivity index (χ3n) is 4.69. The van der Waals surface area contributed by atoms with Gasteiger partial charge >= 0.3 is 0 Å². The largest absolute Gasteiger partial charge is 0.370 e. The lowest BCUT2D eigenvalue weighted by atomic mass is 9.90. The van der Waals surface area contributed by atoms with Crippen LogP contribution in [0.2, 0.25) is 0 Å². The Morgan fingerprint density at radius 3 is 2.77 bits per heavy atom. The van der Waals surface area contributed by atoms with Crippen LogP contribution in [0.5, 0.6) is 0 Å². The van der Waals surface area contributed by atoms with E-state index in [0.717, 1.165) is 24.1 Å². The highest BCUT2D eigenvalue weighted by Crippen LogP contribution is 2.27. The van der Waals surface area contributed by atoms with Crippen molar-refractivity contribution in [3.05, 3.63) is 64.5 Å². The number of aryl methyl sites for hydroxylation is 1. The molecule has 0 aliphatic heterocycles. The molecule has 0 heterocycles. The topological polar surface area (TPSA) is 53.6 Å². The standard InChI is InChI=1S/C21H27FN4/c1-26(2)14-17-11-10-15(12-19(17)22)13-24-21(23)25-20-9-5-7-16-6-3-4-8-18(16)20/h5,7,9-12H,3-4,6,8,13-14H2,1-2H3,(H3,23,24,25). The van der Waals surface area contributed by atoms with Crippen molar-refractivity contribution in [2.24, 2.45) is 10.7 Å². The molecule has 3 N–H and O–H groups in total. The van der Waals surface area contributed by atoms with Gasteiger partial charge in [0.25, 0.3) is 0 Å². The third-order valence-corrected chi connectivity index (χ3v) is 4.69. The van der Waals surface area contributed by atoms with Gasteiger partial charge < -0.3 is 16.0 Å². The Labute approximate surface area is 154 Å². The van der Waals surface area contributed by atoms with Crippen molar-refractivity contribution < 1.29 is 4.39 Å². The molecule has 1 aliphatic carbocycles. The minimum Gasteiger partial charge on any atom is -0.370 e. The van der Waals surface area contributed by atoms with Crippen LogP contribution in [0.1, 0.15) is 35.1 Å². The van der Waals surface area contributed by atoms with E-state index in [0.29, 0.717) is 24.6 Å². The maximum absolute atomic E-state index is 14.1. The lowest BCUT2D eigenvalue weighted by Crippen LogP contribution is -2.24. The van der Waals surface area contributed by atoms with Crippen molar-refractivity contribution in [3.8, 4) is 0 Å². The normalized spacial score (nSPS) is 14.4. The molecule has 0 fully saturated rings. The number of nitrogens with one attached hydrogen (secondary N) is 1. The fraction of sp³-hybridized carbons (Fsp3) is 0.381. The summed E-state index contributed by atoms with van der Waals surface area (Å²) in [5, 5.41) is 3.22. The van der Waals surface area contributed by atoms with Crippen molar-refractivity contribution >= 4 is 11.6 Å². The molecule has 4 nitrogen and oxygen atoms in total. The summed E-state index contributed by atoms with van der Waals surface area (Å²) in [6.07, 6.45) is 4.65. The van der Waals surface area contributed by atoms with Crippen LogP contribution >= 0.6 is 0 Å². The summed E-state index contributed by atoms with van der Waals surface area (Å²) in [7, 11) is 3.85. The lowest BCUT2D eigenvalue weighted by Gasteiger charge is -2.19. The smallest absolute Gasteiger partial charge is 0.193 e. The Kier molecular flexibility index (Phi) is 5.89. The molecule has 0 radical (unpaired) electrons. The second-order valence-corrected chi connectivity index (χ2v) is 7.14. The molecule has 0 amide bonds. The van der Waals surface area contributed by atoms with Crippen LogP contribution in [0.25, 0.3) is 0 Å². The molecular weight excluding hydrogens is 327 g/mol. The molecule has 0 atom stereocenters. The van der Waals surface area contributed by atoms with Crippen molar-refractivity contribution in [2.45, 2.75) is 38.8 Å². The maximum Gasteiger partial charge on any atom is 0.193 e. The Morgan fingerprint density at radius 1 is 1.19 bits per heavy atom. The Bertz CT molecular complexity index is 799. The third kappa shape index (κ3) is 4.61. The van der Waals surface area contributed by atoms with Crippen LogP contribution in [0.3, 0.4) is 0 Å². The van der Waals surface area contributed by atoms with Gasteiger partial charge in [0.05, 0.1) is 6.54 Å². The van der Waals surface area contributed by atoms with Gasteiger partial charge in [-0.2, -0.15) is 0 Å². The summed E-state index contributed by atoms with van der Waals surface area (Å²) in [5.74, 6) is 0.164. The van der Waals surface area contributed by atoms with Gasteiger partial charge in [0, 0.05) is 17.8 Å². The van der Waals surface area contributed by atoms with E-state index in [1.807, 2.05) is 37.2 Å². The molecule has 0 spiro atoms. The van der Waals surface area contributed by atoms with Crippen LogP contribution < -0.4 is 11.1 Å².